The highest BCUT2D eigenvalue weighted by Gasteiger charge is 2.32. The normalized spacial score (nSPS) is 13.4. The molecule has 0 spiro atoms. The lowest BCUT2D eigenvalue weighted by Crippen LogP contribution is -2.16. The van der Waals surface area contributed by atoms with Gasteiger partial charge in [-0.05, 0) is 10.8 Å². The van der Waals surface area contributed by atoms with Gasteiger partial charge in [0.1, 0.15) is 0 Å². The largest absolute Gasteiger partial charge is 0.504 e. The number of hydrogen-bond acceptors (Lipinski definition) is 4. The summed E-state index contributed by atoms with van der Waals surface area (Å²) in [5, 5.41) is 20.7. The minimum atomic E-state index is -0.171. The summed E-state index contributed by atoms with van der Waals surface area (Å²) < 4.78 is 2.26. The summed E-state index contributed by atoms with van der Waals surface area (Å²) in [6.45, 7) is 12.3. The Bertz CT molecular complexity index is 539. The molecular formula is C14H20O2S2. The van der Waals surface area contributed by atoms with Crippen LogP contribution in [0.15, 0.2) is 0 Å². The Kier molecular flexibility index (Phi) is 2.95. The lowest BCUT2D eigenvalue weighted by atomic mass is 9.80. The van der Waals surface area contributed by atoms with Gasteiger partial charge in [-0.1, -0.05) is 62.2 Å². The van der Waals surface area contributed by atoms with Crippen LogP contribution in [0.2, 0.25) is 0 Å². The molecule has 0 saturated heterocycles. The number of phenols is 2. The van der Waals surface area contributed by atoms with Crippen molar-refractivity contribution in [3.05, 3.63) is 11.1 Å². The predicted octanol–water partition coefficient (Wildman–Crippen LogP) is 4.97. The third-order valence-corrected chi connectivity index (χ3v) is 5.68. The summed E-state index contributed by atoms with van der Waals surface area (Å²) in [7, 11) is 3.37. The van der Waals surface area contributed by atoms with Crippen molar-refractivity contribution in [2.75, 3.05) is 0 Å². The summed E-state index contributed by atoms with van der Waals surface area (Å²) in [5.41, 5.74) is 1.39. The van der Waals surface area contributed by atoms with Crippen LogP contribution in [0.4, 0.5) is 0 Å². The van der Waals surface area contributed by atoms with Crippen LogP contribution in [-0.4, -0.2) is 10.2 Å². The van der Waals surface area contributed by atoms with Crippen LogP contribution in [-0.2, 0) is 10.8 Å². The molecule has 2 rings (SSSR count). The molecule has 0 aliphatic rings. The summed E-state index contributed by atoms with van der Waals surface area (Å²) >= 11 is 0. The van der Waals surface area contributed by atoms with Gasteiger partial charge in [0.15, 0.2) is 11.5 Å². The zero-order valence-electron chi connectivity index (χ0n) is 11.7. The fraction of sp³-hybridized carbons (Fsp3) is 0.571. The van der Waals surface area contributed by atoms with Gasteiger partial charge < -0.3 is 10.2 Å². The predicted molar refractivity (Wildman–Crippen MR) is 80.4 cm³/mol. The molecule has 0 radical (unpaired) electrons. The minimum absolute atomic E-state index is 0.0546. The Balaban J connectivity index is 2.87. The smallest absolute Gasteiger partial charge is 0.163 e. The van der Waals surface area contributed by atoms with Gasteiger partial charge in [0.05, 0.1) is 9.40 Å². The van der Waals surface area contributed by atoms with Crippen molar-refractivity contribution in [3.8, 4) is 11.5 Å². The van der Waals surface area contributed by atoms with Crippen LogP contribution in [0, 0.1) is 0 Å². The number of hydrogen-bond donors (Lipinski definition) is 2. The van der Waals surface area contributed by atoms with Crippen LogP contribution in [0.5, 0.6) is 11.5 Å². The van der Waals surface area contributed by atoms with E-state index in [1.165, 1.54) is 0 Å². The van der Waals surface area contributed by atoms with Gasteiger partial charge >= 0.3 is 0 Å². The third-order valence-electron chi connectivity index (χ3n) is 3.07. The summed E-state index contributed by atoms with van der Waals surface area (Å²) in [5.74, 6) is 0.109. The van der Waals surface area contributed by atoms with E-state index in [4.69, 9.17) is 0 Å². The van der Waals surface area contributed by atoms with Gasteiger partial charge in [0.2, 0.25) is 0 Å². The first-order valence-electron chi connectivity index (χ1n) is 6.02. The number of fused-ring (bicyclic) bond motifs is 1. The maximum Gasteiger partial charge on any atom is 0.163 e. The average molecular weight is 284 g/mol. The van der Waals surface area contributed by atoms with E-state index in [9.17, 15) is 10.2 Å². The van der Waals surface area contributed by atoms with E-state index in [0.29, 0.717) is 0 Å². The Labute approximate surface area is 115 Å². The molecule has 0 amide bonds. The van der Waals surface area contributed by atoms with E-state index in [0.717, 1.165) is 20.5 Å². The maximum absolute atomic E-state index is 10.3. The van der Waals surface area contributed by atoms with Gasteiger partial charge in [-0.15, -0.1) is 0 Å². The third kappa shape index (κ3) is 1.91. The van der Waals surface area contributed by atoms with Gasteiger partial charge in [-0.25, -0.2) is 0 Å². The SMILES string of the molecule is CC(C)(C)c1c(O)c(O)c(C(C)(C)C)c2ssc12. The van der Waals surface area contributed by atoms with Crippen LogP contribution in [0.25, 0.3) is 9.40 Å². The number of phenolic OH excluding ortho intramolecular Hbond substituents is 2. The van der Waals surface area contributed by atoms with Gasteiger partial charge in [0.25, 0.3) is 0 Å². The molecule has 2 nitrogen and oxygen atoms in total. The number of rotatable bonds is 0. The van der Waals surface area contributed by atoms with Gasteiger partial charge in [-0.3, -0.25) is 0 Å². The molecule has 1 heterocycles. The highest BCUT2D eigenvalue weighted by Crippen LogP contribution is 2.54. The second kappa shape index (κ2) is 3.87. The molecule has 4 heteroatoms. The zero-order valence-corrected chi connectivity index (χ0v) is 13.3. The van der Waals surface area contributed by atoms with E-state index in [1.807, 2.05) is 0 Å². The fourth-order valence-electron chi connectivity index (χ4n) is 2.28. The molecule has 2 aromatic rings. The van der Waals surface area contributed by atoms with Crippen molar-refractivity contribution < 1.29 is 10.2 Å². The fourth-order valence-corrected chi connectivity index (χ4v) is 4.96. The zero-order chi connectivity index (χ0) is 13.9. The number of benzene rings is 1. The molecule has 1 aromatic heterocycles. The Morgan fingerprint density at radius 2 is 0.944 bits per heavy atom. The first-order chi connectivity index (χ1) is 8.05. The van der Waals surface area contributed by atoms with Crippen molar-refractivity contribution in [2.24, 2.45) is 0 Å². The lowest BCUT2D eigenvalue weighted by Gasteiger charge is -2.29. The van der Waals surface area contributed by atoms with Gasteiger partial charge in [0, 0.05) is 11.1 Å². The molecule has 0 aliphatic carbocycles. The molecular weight excluding hydrogens is 264 g/mol. The Morgan fingerprint density at radius 1 is 0.667 bits per heavy atom. The van der Waals surface area contributed by atoms with E-state index in [-0.39, 0.29) is 22.3 Å². The highest BCUT2D eigenvalue weighted by atomic mass is 32.9. The lowest BCUT2D eigenvalue weighted by molar-refractivity contribution is 0.379. The molecule has 1 aromatic carbocycles. The Hall–Kier alpha value is -0.740. The standard InChI is InChI=1S/C14H20O2S2/c1-13(2,3)7-9(15)10(16)8(14(4,5)6)12-11(7)17-18-12/h15-16H,1-6H3. The van der Waals surface area contributed by atoms with Crippen molar-refractivity contribution >= 4 is 30.1 Å². The van der Waals surface area contributed by atoms with E-state index >= 15 is 0 Å². The molecule has 0 aliphatic heterocycles. The average Bonchev–Trinajstić information content (AvgIpc) is 2.12. The van der Waals surface area contributed by atoms with Crippen molar-refractivity contribution in [2.45, 2.75) is 52.4 Å². The summed E-state index contributed by atoms with van der Waals surface area (Å²) in [4.78, 5) is 0. The van der Waals surface area contributed by atoms with Crippen LogP contribution in [0.3, 0.4) is 0 Å². The first kappa shape index (κ1) is 13.7. The molecule has 100 valence electrons. The molecule has 0 bridgehead atoms. The highest BCUT2D eigenvalue weighted by molar-refractivity contribution is 7.78. The quantitative estimate of drug-likeness (QED) is 0.529. The topological polar surface area (TPSA) is 40.5 Å². The monoisotopic (exact) mass is 284 g/mol. The second-order valence-electron chi connectivity index (χ2n) is 6.77. The van der Waals surface area contributed by atoms with E-state index < -0.39 is 0 Å². The molecule has 0 saturated carbocycles. The summed E-state index contributed by atoms with van der Waals surface area (Å²) in [6, 6.07) is 0. The maximum atomic E-state index is 10.3. The summed E-state index contributed by atoms with van der Waals surface area (Å²) in [6.07, 6.45) is 0. The molecule has 0 fully saturated rings. The van der Waals surface area contributed by atoms with Crippen LogP contribution < -0.4 is 0 Å². The Morgan fingerprint density at radius 3 is 1.11 bits per heavy atom. The minimum Gasteiger partial charge on any atom is -0.504 e. The first-order valence-corrected chi connectivity index (χ1v) is 8.17. The number of aromatic hydroxyl groups is 2. The molecule has 18 heavy (non-hydrogen) atoms. The van der Waals surface area contributed by atoms with Crippen molar-refractivity contribution in [1.82, 2.24) is 0 Å². The van der Waals surface area contributed by atoms with Crippen LogP contribution in [0.1, 0.15) is 52.7 Å². The molecule has 0 atom stereocenters. The van der Waals surface area contributed by atoms with E-state index in [1.54, 1.807) is 20.7 Å². The van der Waals surface area contributed by atoms with Gasteiger partial charge in [-0.2, -0.15) is 0 Å². The van der Waals surface area contributed by atoms with Crippen molar-refractivity contribution in [1.29, 1.82) is 0 Å². The van der Waals surface area contributed by atoms with E-state index in [2.05, 4.69) is 41.5 Å². The second-order valence-corrected chi connectivity index (χ2v) is 8.92. The molecule has 0 unspecified atom stereocenters. The van der Waals surface area contributed by atoms with Crippen molar-refractivity contribution in [3.63, 3.8) is 0 Å². The van der Waals surface area contributed by atoms with Crippen LogP contribution >= 0.6 is 20.7 Å². The molecule has 2 N–H and O–H groups in total.